The normalized spacial score (nSPS) is 14.1. The second-order valence-corrected chi connectivity index (χ2v) is 7.33. The fourth-order valence-electron chi connectivity index (χ4n) is 3.64. The van der Waals surface area contributed by atoms with E-state index in [1.807, 2.05) is 12.1 Å². The fourth-order valence-corrected chi connectivity index (χ4v) is 3.64. The first-order valence-corrected chi connectivity index (χ1v) is 10.2. The Morgan fingerprint density at radius 1 is 1.22 bits per heavy atom. The summed E-state index contributed by atoms with van der Waals surface area (Å²) in [6.07, 6.45) is 4.38. The lowest BCUT2D eigenvalue weighted by Crippen LogP contribution is -2.40. The minimum absolute atomic E-state index is 0.0196. The maximum Gasteiger partial charge on any atom is 0.265 e. The lowest BCUT2D eigenvalue weighted by atomic mass is 10.1. The van der Waals surface area contributed by atoms with Crippen molar-refractivity contribution in [3.8, 4) is 17.3 Å². The van der Waals surface area contributed by atoms with Crippen LogP contribution in [0.1, 0.15) is 15.9 Å². The summed E-state index contributed by atoms with van der Waals surface area (Å²) in [5, 5.41) is 12.1. The lowest BCUT2D eigenvalue weighted by Gasteiger charge is -2.27. The average Bonchev–Trinajstić information content (AvgIpc) is 2.83. The average molecular weight is 430 g/mol. The molecule has 1 N–H and O–H groups in total. The molecule has 4 rings (SSSR count). The number of nitrogens with zero attached hydrogens (tertiary/aromatic N) is 5. The Bertz CT molecular complexity index is 1250. The molecule has 0 radical (unpaired) electrons. The van der Waals surface area contributed by atoms with Crippen molar-refractivity contribution in [3.63, 3.8) is 0 Å². The van der Waals surface area contributed by atoms with E-state index >= 15 is 0 Å². The van der Waals surface area contributed by atoms with Crippen LogP contribution in [0.15, 0.2) is 54.2 Å². The first-order valence-electron chi connectivity index (χ1n) is 10.2. The first-order chi connectivity index (χ1) is 15.6. The Hall–Kier alpha value is -3.87. The molecule has 0 unspecified atom stereocenters. The molecule has 0 spiro atoms. The van der Waals surface area contributed by atoms with Crippen LogP contribution in [0.2, 0.25) is 0 Å². The number of morpholine rings is 1. The number of amides is 1. The van der Waals surface area contributed by atoms with E-state index in [-0.39, 0.29) is 5.56 Å². The summed E-state index contributed by atoms with van der Waals surface area (Å²) < 4.78 is 6.92. The van der Waals surface area contributed by atoms with Gasteiger partial charge in [-0.1, -0.05) is 6.58 Å². The number of rotatable bonds is 6. The molecule has 1 aliphatic heterocycles. The highest BCUT2D eigenvalue weighted by molar-refractivity contribution is 5.97. The molecule has 0 aromatic carbocycles. The topological polar surface area (TPSA) is 113 Å². The van der Waals surface area contributed by atoms with Gasteiger partial charge in [-0.3, -0.25) is 24.0 Å². The number of pyridine rings is 3. The molecule has 3 aromatic heterocycles. The quantitative estimate of drug-likeness (QED) is 0.631. The number of nitrogens with one attached hydrogen (secondary N) is 1. The molecule has 1 fully saturated rings. The van der Waals surface area contributed by atoms with Crippen molar-refractivity contribution in [1.82, 2.24) is 24.8 Å². The summed E-state index contributed by atoms with van der Waals surface area (Å²) in [5.74, 6) is -0.520. The third-order valence-corrected chi connectivity index (χ3v) is 5.34. The SMILES string of the molecule is C=CNC(=O)c1cc2cc(-c3ccc(C#N)cn3)cnc2n(CCN2CCOCC2)c1=O. The Morgan fingerprint density at radius 3 is 2.72 bits per heavy atom. The van der Waals surface area contributed by atoms with Gasteiger partial charge in [0.25, 0.3) is 11.5 Å². The van der Waals surface area contributed by atoms with Crippen molar-refractivity contribution in [1.29, 1.82) is 5.26 Å². The van der Waals surface area contributed by atoms with Gasteiger partial charge in [-0.2, -0.15) is 5.26 Å². The number of nitriles is 1. The third-order valence-electron chi connectivity index (χ3n) is 5.34. The van der Waals surface area contributed by atoms with E-state index < -0.39 is 11.5 Å². The fraction of sp³-hybridized carbons (Fsp3) is 0.261. The van der Waals surface area contributed by atoms with E-state index in [0.717, 1.165) is 18.7 Å². The van der Waals surface area contributed by atoms with Gasteiger partial charge < -0.3 is 10.1 Å². The van der Waals surface area contributed by atoms with E-state index in [0.29, 0.717) is 48.6 Å². The van der Waals surface area contributed by atoms with Gasteiger partial charge in [-0.15, -0.1) is 0 Å². The van der Waals surface area contributed by atoms with Crippen molar-refractivity contribution >= 4 is 16.9 Å². The zero-order valence-electron chi connectivity index (χ0n) is 17.5. The van der Waals surface area contributed by atoms with Gasteiger partial charge in [0.05, 0.1) is 24.5 Å². The molecule has 1 amide bonds. The summed E-state index contributed by atoms with van der Waals surface area (Å²) in [7, 11) is 0. The van der Waals surface area contributed by atoms with Crippen LogP contribution in [-0.2, 0) is 11.3 Å². The molecule has 0 aliphatic carbocycles. The zero-order chi connectivity index (χ0) is 22.5. The minimum Gasteiger partial charge on any atom is -0.379 e. The van der Waals surface area contributed by atoms with Crippen molar-refractivity contribution in [2.24, 2.45) is 0 Å². The molecule has 4 heterocycles. The van der Waals surface area contributed by atoms with Gasteiger partial charge in [0, 0.05) is 49.5 Å². The number of hydrogen-bond donors (Lipinski definition) is 1. The van der Waals surface area contributed by atoms with E-state index in [4.69, 9.17) is 10.00 Å². The van der Waals surface area contributed by atoms with Crippen molar-refractivity contribution in [2.75, 3.05) is 32.8 Å². The summed E-state index contributed by atoms with van der Waals surface area (Å²) in [5.41, 5.74) is 1.93. The van der Waals surface area contributed by atoms with Crippen LogP contribution in [0, 0.1) is 11.3 Å². The molecule has 162 valence electrons. The smallest absolute Gasteiger partial charge is 0.265 e. The number of fused-ring (bicyclic) bond motifs is 1. The standard InChI is InChI=1S/C23H22N6O3/c1-2-25-22(30)19-12-17-11-18(20-4-3-16(13-24)14-26-20)15-27-21(17)29(23(19)31)6-5-28-7-9-32-10-8-28/h2-4,11-12,14-15H,1,5-10H2,(H,25,30). The summed E-state index contributed by atoms with van der Waals surface area (Å²) in [6.45, 7) is 7.46. The lowest BCUT2D eigenvalue weighted by molar-refractivity contribution is 0.0364. The van der Waals surface area contributed by atoms with Crippen molar-refractivity contribution < 1.29 is 9.53 Å². The van der Waals surface area contributed by atoms with Gasteiger partial charge in [0.15, 0.2) is 0 Å². The summed E-state index contributed by atoms with van der Waals surface area (Å²) in [4.78, 5) is 36.7. The van der Waals surface area contributed by atoms with Crippen LogP contribution in [-0.4, -0.2) is 58.2 Å². The number of aromatic nitrogens is 3. The van der Waals surface area contributed by atoms with Gasteiger partial charge >= 0.3 is 0 Å². The highest BCUT2D eigenvalue weighted by Crippen LogP contribution is 2.21. The molecular formula is C23H22N6O3. The Kier molecular flexibility index (Phi) is 6.35. The van der Waals surface area contributed by atoms with E-state index in [9.17, 15) is 9.59 Å². The van der Waals surface area contributed by atoms with Crippen molar-refractivity contribution in [3.05, 3.63) is 70.9 Å². The zero-order valence-corrected chi connectivity index (χ0v) is 17.5. The molecule has 9 heteroatoms. The van der Waals surface area contributed by atoms with Crippen LogP contribution in [0.5, 0.6) is 0 Å². The molecule has 9 nitrogen and oxygen atoms in total. The number of carbonyl (C=O) groups excluding carboxylic acids is 1. The minimum atomic E-state index is -0.520. The second kappa shape index (κ2) is 9.51. The number of hydrogen-bond acceptors (Lipinski definition) is 7. The molecule has 32 heavy (non-hydrogen) atoms. The van der Waals surface area contributed by atoms with Crippen LogP contribution in [0.25, 0.3) is 22.3 Å². The maximum absolute atomic E-state index is 13.1. The molecule has 0 bridgehead atoms. The Balaban J connectivity index is 1.77. The van der Waals surface area contributed by atoms with Gasteiger partial charge in [-0.25, -0.2) is 4.98 Å². The molecule has 0 saturated carbocycles. The predicted octanol–water partition coefficient (Wildman–Crippen LogP) is 1.54. The van der Waals surface area contributed by atoms with Crippen LogP contribution >= 0.6 is 0 Å². The highest BCUT2D eigenvalue weighted by atomic mass is 16.5. The van der Waals surface area contributed by atoms with Gasteiger partial charge in [-0.05, 0) is 30.5 Å². The number of carbonyl (C=O) groups is 1. The van der Waals surface area contributed by atoms with Crippen LogP contribution in [0.4, 0.5) is 0 Å². The number of ether oxygens (including phenoxy) is 1. The predicted molar refractivity (Wildman–Crippen MR) is 119 cm³/mol. The summed E-state index contributed by atoms with van der Waals surface area (Å²) >= 11 is 0. The van der Waals surface area contributed by atoms with Crippen molar-refractivity contribution in [2.45, 2.75) is 6.54 Å². The first kappa shape index (κ1) is 21.4. The molecule has 1 aliphatic rings. The Morgan fingerprint density at radius 2 is 2.03 bits per heavy atom. The second-order valence-electron chi connectivity index (χ2n) is 7.33. The highest BCUT2D eigenvalue weighted by Gasteiger charge is 2.18. The molecule has 1 saturated heterocycles. The monoisotopic (exact) mass is 430 g/mol. The van der Waals surface area contributed by atoms with Crippen LogP contribution in [0.3, 0.4) is 0 Å². The van der Waals surface area contributed by atoms with Gasteiger partial charge in [0.2, 0.25) is 0 Å². The molecular weight excluding hydrogens is 408 g/mol. The van der Waals surface area contributed by atoms with Crippen LogP contribution < -0.4 is 10.9 Å². The van der Waals surface area contributed by atoms with E-state index in [1.165, 1.54) is 12.4 Å². The third kappa shape index (κ3) is 4.42. The largest absolute Gasteiger partial charge is 0.379 e. The molecule has 0 atom stereocenters. The summed E-state index contributed by atoms with van der Waals surface area (Å²) in [6, 6.07) is 8.84. The van der Waals surface area contributed by atoms with E-state index in [1.54, 1.807) is 29.0 Å². The maximum atomic E-state index is 13.1. The Labute approximate surface area is 184 Å². The van der Waals surface area contributed by atoms with E-state index in [2.05, 4.69) is 26.8 Å². The van der Waals surface area contributed by atoms with Gasteiger partial charge in [0.1, 0.15) is 17.3 Å². The molecule has 3 aromatic rings.